The highest BCUT2D eigenvalue weighted by Crippen LogP contribution is 2.26. The van der Waals surface area contributed by atoms with Crippen LogP contribution in [0.2, 0.25) is 0 Å². The summed E-state index contributed by atoms with van der Waals surface area (Å²) in [4.78, 5) is 19.5. The van der Waals surface area contributed by atoms with Crippen molar-refractivity contribution in [3.05, 3.63) is 15.6 Å². The molecular weight excluding hydrogens is 248 g/mol. The molecule has 0 atom stereocenters. The molecule has 0 radical (unpaired) electrons. The molecule has 0 bridgehead atoms. The fourth-order valence-electron chi connectivity index (χ4n) is 1.88. The second kappa shape index (κ2) is 4.88. The summed E-state index contributed by atoms with van der Waals surface area (Å²) in [6.45, 7) is 9.12. The molecule has 0 N–H and O–H groups in total. The fraction of sp³-hybridized carbons (Fsp3) is 0.692. The van der Waals surface area contributed by atoms with Crippen molar-refractivity contribution in [2.24, 2.45) is 0 Å². The molecule has 0 aromatic carbocycles. The van der Waals surface area contributed by atoms with Gasteiger partial charge in [0, 0.05) is 17.8 Å². The highest BCUT2D eigenvalue weighted by Gasteiger charge is 2.27. The zero-order chi connectivity index (χ0) is 13.3. The molecule has 18 heavy (non-hydrogen) atoms. The second-order valence-electron chi connectivity index (χ2n) is 5.48. The molecule has 0 saturated heterocycles. The smallest absolute Gasteiger partial charge is 0.410 e. The number of amides is 1. The summed E-state index contributed by atoms with van der Waals surface area (Å²) in [7, 11) is 0. The Morgan fingerprint density at radius 1 is 1.50 bits per heavy atom. The van der Waals surface area contributed by atoms with Gasteiger partial charge in [-0.25, -0.2) is 9.78 Å². The first-order chi connectivity index (χ1) is 8.39. The Morgan fingerprint density at radius 2 is 2.22 bits per heavy atom. The van der Waals surface area contributed by atoms with Gasteiger partial charge in [0.25, 0.3) is 0 Å². The summed E-state index contributed by atoms with van der Waals surface area (Å²) in [5.41, 5.74) is 0.733. The standard InChI is InChI=1S/C13H20N2O2S/c1-5-11-14-9-6-7-15(8-10(9)18-11)12(16)17-13(2,3)4/h5-8H2,1-4H3. The summed E-state index contributed by atoms with van der Waals surface area (Å²) in [6, 6.07) is 0. The minimum atomic E-state index is -0.431. The van der Waals surface area contributed by atoms with Crippen LogP contribution in [0.1, 0.15) is 43.3 Å². The molecule has 1 aliphatic heterocycles. The van der Waals surface area contributed by atoms with E-state index in [9.17, 15) is 4.79 Å². The van der Waals surface area contributed by atoms with Crippen molar-refractivity contribution in [1.82, 2.24) is 9.88 Å². The number of aromatic nitrogens is 1. The van der Waals surface area contributed by atoms with Crippen LogP contribution in [0.5, 0.6) is 0 Å². The maximum atomic E-state index is 12.0. The van der Waals surface area contributed by atoms with Gasteiger partial charge in [0.1, 0.15) is 5.60 Å². The lowest BCUT2D eigenvalue weighted by molar-refractivity contribution is 0.0225. The Labute approximate surface area is 112 Å². The van der Waals surface area contributed by atoms with Crippen molar-refractivity contribution < 1.29 is 9.53 Å². The van der Waals surface area contributed by atoms with Crippen molar-refractivity contribution in [1.29, 1.82) is 0 Å². The molecular formula is C13H20N2O2S. The van der Waals surface area contributed by atoms with E-state index in [2.05, 4.69) is 11.9 Å². The van der Waals surface area contributed by atoms with Crippen molar-refractivity contribution in [3.8, 4) is 0 Å². The van der Waals surface area contributed by atoms with Crippen LogP contribution < -0.4 is 0 Å². The number of rotatable bonds is 1. The lowest BCUT2D eigenvalue weighted by atomic mass is 10.2. The molecule has 0 fully saturated rings. The number of hydrogen-bond acceptors (Lipinski definition) is 4. The van der Waals surface area contributed by atoms with Crippen LogP contribution in [0.15, 0.2) is 0 Å². The van der Waals surface area contributed by atoms with Gasteiger partial charge in [-0.3, -0.25) is 0 Å². The Morgan fingerprint density at radius 3 is 2.83 bits per heavy atom. The van der Waals surface area contributed by atoms with E-state index in [1.807, 2.05) is 20.8 Å². The van der Waals surface area contributed by atoms with Gasteiger partial charge < -0.3 is 9.64 Å². The molecule has 0 aliphatic carbocycles. The first-order valence-electron chi connectivity index (χ1n) is 6.34. The van der Waals surface area contributed by atoms with Crippen molar-refractivity contribution in [2.45, 2.75) is 52.7 Å². The Balaban J connectivity index is 2.05. The van der Waals surface area contributed by atoms with Crippen molar-refractivity contribution in [3.63, 3.8) is 0 Å². The largest absolute Gasteiger partial charge is 0.444 e. The van der Waals surface area contributed by atoms with E-state index in [1.165, 1.54) is 4.88 Å². The third-order valence-electron chi connectivity index (χ3n) is 2.73. The van der Waals surface area contributed by atoms with Gasteiger partial charge in [-0.2, -0.15) is 0 Å². The predicted octanol–water partition coefficient (Wildman–Crippen LogP) is 3.00. The first-order valence-corrected chi connectivity index (χ1v) is 7.16. The number of fused-ring (bicyclic) bond motifs is 1. The van der Waals surface area contributed by atoms with E-state index < -0.39 is 5.60 Å². The molecule has 4 nitrogen and oxygen atoms in total. The lowest BCUT2D eigenvalue weighted by Gasteiger charge is -2.29. The minimum Gasteiger partial charge on any atom is -0.444 e. The minimum absolute atomic E-state index is 0.223. The average molecular weight is 268 g/mol. The predicted molar refractivity (Wildman–Crippen MR) is 71.8 cm³/mol. The van der Waals surface area contributed by atoms with Gasteiger partial charge >= 0.3 is 6.09 Å². The van der Waals surface area contributed by atoms with Crippen molar-refractivity contribution >= 4 is 17.4 Å². The third kappa shape index (κ3) is 3.02. The fourth-order valence-corrected chi connectivity index (χ4v) is 2.95. The molecule has 0 saturated carbocycles. The van der Waals surface area contributed by atoms with E-state index in [1.54, 1.807) is 16.2 Å². The number of nitrogens with zero attached hydrogens (tertiary/aromatic N) is 2. The Kier molecular flexibility index (Phi) is 3.61. The van der Waals surface area contributed by atoms with E-state index in [0.29, 0.717) is 13.1 Å². The topological polar surface area (TPSA) is 42.4 Å². The molecule has 1 aliphatic rings. The maximum Gasteiger partial charge on any atom is 0.410 e. The zero-order valence-electron chi connectivity index (χ0n) is 11.4. The van der Waals surface area contributed by atoms with Crippen LogP contribution in [0.4, 0.5) is 4.79 Å². The molecule has 2 heterocycles. The van der Waals surface area contributed by atoms with Gasteiger partial charge in [-0.15, -0.1) is 11.3 Å². The van der Waals surface area contributed by atoms with Crippen molar-refractivity contribution in [2.75, 3.05) is 6.54 Å². The van der Waals surface area contributed by atoms with Crippen LogP contribution in [0.25, 0.3) is 0 Å². The summed E-state index contributed by atoms with van der Waals surface area (Å²) in [5, 5.41) is 1.16. The van der Waals surface area contributed by atoms with E-state index >= 15 is 0 Å². The molecule has 0 unspecified atom stereocenters. The van der Waals surface area contributed by atoms with E-state index in [4.69, 9.17) is 4.74 Å². The van der Waals surface area contributed by atoms with E-state index in [-0.39, 0.29) is 6.09 Å². The molecule has 1 aromatic rings. The quantitative estimate of drug-likeness (QED) is 0.786. The molecule has 1 aromatic heterocycles. The van der Waals surface area contributed by atoms with Gasteiger partial charge in [-0.1, -0.05) is 6.92 Å². The highest BCUT2D eigenvalue weighted by atomic mass is 32.1. The summed E-state index contributed by atoms with van der Waals surface area (Å²) < 4.78 is 5.40. The van der Waals surface area contributed by atoms with E-state index in [0.717, 1.165) is 23.5 Å². The third-order valence-corrected chi connectivity index (χ3v) is 3.96. The molecule has 0 spiro atoms. The van der Waals surface area contributed by atoms with Gasteiger partial charge in [0.05, 0.1) is 17.2 Å². The number of carbonyl (C=O) groups is 1. The molecule has 2 rings (SSSR count). The van der Waals surface area contributed by atoms with Crippen LogP contribution in [0.3, 0.4) is 0 Å². The van der Waals surface area contributed by atoms with Gasteiger partial charge in [0.15, 0.2) is 0 Å². The van der Waals surface area contributed by atoms with Crippen LogP contribution in [-0.4, -0.2) is 28.1 Å². The zero-order valence-corrected chi connectivity index (χ0v) is 12.3. The monoisotopic (exact) mass is 268 g/mol. The Bertz CT molecular complexity index is 448. The lowest BCUT2D eigenvalue weighted by Crippen LogP contribution is -2.39. The van der Waals surface area contributed by atoms with Crippen LogP contribution in [0, 0.1) is 0 Å². The van der Waals surface area contributed by atoms with Crippen LogP contribution in [-0.2, 0) is 24.1 Å². The SMILES string of the molecule is CCc1nc2c(s1)CN(C(=O)OC(C)(C)C)CC2. The normalized spacial score (nSPS) is 15.4. The number of hydrogen-bond donors (Lipinski definition) is 0. The number of carbonyl (C=O) groups excluding carboxylic acids is 1. The maximum absolute atomic E-state index is 12.0. The summed E-state index contributed by atoms with van der Waals surface area (Å²) in [6.07, 6.45) is 1.58. The van der Waals surface area contributed by atoms with Gasteiger partial charge in [-0.05, 0) is 27.2 Å². The number of aryl methyl sites for hydroxylation is 1. The number of ether oxygens (including phenoxy) is 1. The molecule has 5 heteroatoms. The second-order valence-corrected chi connectivity index (χ2v) is 6.65. The molecule has 100 valence electrons. The number of thiazole rings is 1. The van der Waals surface area contributed by atoms with Crippen LogP contribution >= 0.6 is 11.3 Å². The summed E-state index contributed by atoms with van der Waals surface area (Å²) >= 11 is 1.71. The first kappa shape index (κ1) is 13.3. The van der Waals surface area contributed by atoms with Gasteiger partial charge in [0.2, 0.25) is 0 Å². The molecule has 1 amide bonds. The Hall–Kier alpha value is -1.10. The summed E-state index contributed by atoms with van der Waals surface area (Å²) in [5.74, 6) is 0. The highest BCUT2D eigenvalue weighted by molar-refractivity contribution is 7.11. The average Bonchev–Trinajstić information content (AvgIpc) is 2.68.